The average Bonchev–Trinajstić information content (AvgIpc) is 3.13. The van der Waals surface area contributed by atoms with Crippen LogP contribution in [0.3, 0.4) is 0 Å². The standard InChI is InChI=1S/C17H22N4/c1-2-20-13-10-19-17(20)14-18-9-5-11-21-12-8-15-6-3-4-7-16(15)21/h3-4,6-8,10,12-13,18H,2,5,9,11,14H2,1H3. The minimum absolute atomic E-state index is 0.841. The monoisotopic (exact) mass is 282 g/mol. The van der Waals surface area contributed by atoms with E-state index in [9.17, 15) is 0 Å². The van der Waals surface area contributed by atoms with Gasteiger partial charge in [0, 0.05) is 37.2 Å². The lowest BCUT2D eigenvalue weighted by Gasteiger charge is -2.08. The second kappa shape index (κ2) is 6.59. The van der Waals surface area contributed by atoms with Crippen molar-refractivity contribution in [2.24, 2.45) is 0 Å². The fraction of sp³-hybridized carbons (Fsp3) is 0.353. The molecule has 21 heavy (non-hydrogen) atoms. The Bertz CT molecular complexity index is 695. The number of aryl methyl sites for hydroxylation is 2. The molecule has 0 aliphatic carbocycles. The van der Waals surface area contributed by atoms with Crippen LogP contribution in [0.2, 0.25) is 0 Å². The zero-order chi connectivity index (χ0) is 14.5. The number of fused-ring (bicyclic) bond motifs is 1. The molecule has 0 aliphatic rings. The first-order valence-corrected chi connectivity index (χ1v) is 7.63. The van der Waals surface area contributed by atoms with Gasteiger partial charge in [-0.1, -0.05) is 18.2 Å². The van der Waals surface area contributed by atoms with Gasteiger partial charge < -0.3 is 14.5 Å². The molecule has 2 heterocycles. The lowest BCUT2D eigenvalue weighted by molar-refractivity contribution is 0.564. The summed E-state index contributed by atoms with van der Waals surface area (Å²) in [6.45, 7) is 6.01. The summed E-state index contributed by atoms with van der Waals surface area (Å²) in [6, 6.07) is 10.7. The summed E-state index contributed by atoms with van der Waals surface area (Å²) in [5.74, 6) is 1.11. The Morgan fingerprint density at radius 3 is 2.90 bits per heavy atom. The van der Waals surface area contributed by atoms with Crippen LogP contribution in [0.25, 0.3) is 10.9 Å². The molecule has 3 rings (SSSR count). The third-order valence-corrected chi connectivity index (χ3v) is 3.86. The highest BCUT2D eigenvalue weighted by atomic mass is 15.1. The molecule has 0 spiro atoms. The van der Waals surface area contributed by atoms with Crippen molar-refractivity contribution in [1.82, 2.24) is 19.4 Å². The van der Waals surface area contributed by atoms with Crippen molar-refractivity contribution in [3.63, 3.8) is 0 Å². The van der Waals surface area contributed by atoms with Crippen LogP contribution in [0.5, 0.6) is 0 Å². The minimum atomic E-state index is 0.841. The number of imidazole rings is 1. The number of nitrogens with zero attached hydrogens (tertiary/aromatic N) is 3. The van der Waals surface area contributed by atoms with Crippen LogP contribution in [0.15, 0.2) is 48.9 Å². The number of nitrogens with one attached hydrogen (secondary N) is 1. The molecule has 0 amide bonds. The fourth-order valence-electron chi connectivity index (χ4n) is 2.71. The highest BCUT2D eigenvalue weighted by Gasteiger charge is 2.01. The number of hydrogen-bond acceptors (Lipinski definition) is 2. The van der Waals surface area contributed by atoms with Gasteiger partial charge in [-0.2, -0.15) is 0 Å². The van der Waals surface area contributed by atoms with E-state index in [-0.39, 0.29) is 0 Å². The number of hydrogen-bond donors (Lipinski definition) is 1. The smallest absolute Gasteiger partial charge is 0.122 e. The maximum absolute atomic E-state index is 4.37. The molecule has 1 aromatic carbocycles. The predicted octanol–water partition coefficient (Wildman–Crippen LogP) is 3.04. The fourth-order valence-corrected chi connectivity index (χ4v) is 2.71. The zero-order valence-electron chi connectivity index (χ0n) is 12.5. The minimum Gasteiger partial charge on any atom is -0.347 e. The quantitative estimate of drug-likeness (QED) is 0.676. The molecule has 4 heteroatoms. The second-order valence-corrected chi connectivity index (χ2v) is 5.23. The van der Waals surface area contributed by atoms with Gasteiger partial charge >= 0.3 is 0 Å². The van der Waals surface area contributed by atoms with Crippen LogP contribution >= 0.6 is 0 Å². The molecule has 110 valence electrons. The molecule has 0 bridgehead atoms. The van der Waals surface area contributed by atoms with Crippen molar-refractivity contribution in [3.05, 3.63) is 54.7 Å². The summed E-state index contributed by atoms with van der Waals surface area (Å²) in [5.41, 5.74) is 1.32. The van der Waals surface area contributed by atoms with Crippen LogP contribution in [-0.2, 0) is 19.6 Å². The topological polar surface area (TPSA) is 34.8 Å². The van der Waals surface area contributed by atoms with E-state index >= 15 is 0 Å². The Balaban J connectivity index is 1.46. The number of benzene rings is 1. The SMILES string of the molecule is CCn1ccnc1CNCCCn1ccc2ccccc21. The van der Waals surface area contributed by atoms with Gasteiger partial charge in [-0.3, -0.25) is 0 Å². The normalized spacial score (nSPS) is 11.3. The van der Waals surface area contributed by atoms with Crippen molar-refractivity contribution < 1.29 is 0 Å². The van der Waals surface area contributed by atoms with E-state index in [1.807, 2.05) is 12.4 Å². The van der Waals surface area contributed by atoms with Crippen LogP contribution in [0, 0.1) is 0 Å². The molecule has 0 fully saturated rings. The molecular weight excluding hydrogens is 260 g/mol. The molecular formula is C17H22N4. The van der Waals surface area contributed by atoms with Crippen molar-refractivity contribution in [3.8, 4) is 0 Å². The molecule has 0 unspecified atom stereocenters. The van der Waals surface area contributed by atoms with Crippen molar-refractivity contribution >= 4 is 10.9 Å². The van der Waals surface area contributed by atoms with Gasteiger partial charge in [-0.05, 0) is 37.4 Å². The predicted molar refractivity (Wildman–Crippen MR) is 86.2 cm³/mol. The highest BCUT2D eigenvalue weighted by molar-refractivity contribution is 5.79. The van der Waals surface area contributed by atoms with E-state index in [0.29, 0.717) is 0 Å². The molecule has 0 saturated carbocycles. The zero-order valence-corrected chi connectivity index (χ0v) is 12.5. The molecule has 1 N–H and O–H groups in total. The van der Waals surface area contributed by atoms with Crippen molar-refractivity contribution in [1.29, 1.82) is 0 Å². The molecule has 2 aromatic heterocycles. The third kappa shape index (κ3) is 3.16. The van der Waals surface area contributed by atoms with Gasteiger partial charge in [-0.25, -0.2) is 4.98 Å². The Hall–Kier alpha value is -2.07. The van der Waals surface area contributed by atoms with Crippen LogP contribution < -0.4 is 5.32 Å². The van der Waals surface area contributed by atoms with E-state index in [1.165, 1.54) is 10.9 Å². The molecule has 4 nitrogen and oxygen atoms in total. The number of aromatic nitrogens is 3. The van der Waals surface area contributed by atoms with E-state index < -0.39 is 0 Å². The van der Waals surface area contributed by atoms with Gasteiger partial charge in [0.15, 0.2) is 0 Å². The summed E-state index contributed by atoms with van der Waals surface area (Å²) in [4.78, 5) is 4.37. The lowest BCUT2D eigenvalue weighted by atomic mass is 10.2. The van der Waals surface area contributed by atoms with E-state index in [2.05, 4.69) is 62.9 Å². The van der Waals surface area contributed by atoms with Crippen LogP contribution in [-0.4, -0.2) is 20.7 Å². The summed E-state index contributed by atoms with van der Waals surface area (Å²) < 4.78 is 4.50. The largest absolute Gasteiger partial charge is 0.347 e. The van der Waals surface area contributed by atoms with Gasteiger partial charge in [0.2, 0.25) is 0 Å². The molecule has 0 atom stereocenters. The number of para-hydroxylation sites is 1. The molecule has 0 aliphatic heterocycles. The Kier molecular flexibility index (Phi) is 4.36. The Labute approximate surface area is 125 Å². The van der Waals surface area contributed by atoms with Gasteiger partial charge in [0.05, 0.1) is 6.54 Å². The first-order valence-electron chi connectivity index (χ1n) is 7.63. The molecule has 0 radical (unpaired) electrons. The maximum atomic E-state index is 4.37. The first-order chi connectivity index (χ1) is 10.4. The first kappa shape index (κ1) is 13.9. The third-order valence-electron chi connectivity index (χ3n) is 3.86. The van der Waals surface area contributed by atoms with E-state index in [1.54, 1.807) is 0 Å². The summed E-state index contributed by atoms with van der Waals surface area (Å²) in [5, 5.41) is 4.79. The van der Waals surface area contributed by atoms with E-state index in [4.69, 9.17) is 0 Å². The Morgan fingerprint density at radius 2 is 2.00 bits per heavy atom. The van der Waals surface area contributed by atoms with Gasteiger partial charge in [-0.15, -0.1) is 0 Å². The summed E-state index contributed by atoms with van der Waals surface area (Å²) in [7, 11) is 0. The van der Waals surface area contributed by atoms with Gasteiger partial charge in [0.25, 0.3) is 0 Å². The average molecular weight is 282 g/mol. The van der Waals surface area contributed by atoms with Gasteiger partial charge in [0.1, 0.15) is 5.82 Å². The summed E-state index contributed by atoms with van der Waals surface area (Å²) >= 11 is 0. The maximum Gasteiger partial charge on any atom is 0.122 e. The van der Waals surface area contributed by atoms with Crippen LogP contribution in [0.1, 0.15) is 19.2 Å². The number of rotatable bonds is 7. The van der Waals surface area contributed by atoms with Crippen molar-refractivity contribution in [2.45, 2.75) is 33.0 Å². The summed E-state index contributed by atoms with van der Waals surface area (Å²) in [6.07, 6.45) is 7.19. The molecule has 0 saturated heterocycles. The second-order valence-electron chi connectivity index (χ2n) is 5.23. The lowest BCUT2D eigenvalue weighted by Crippen LogP contribution is -2.19. The van der Waals surface area contributed by atoms with E-state index in [0.717, 1.165) is 38.4 Å². The Morgan fingerprint density at radius 1 is 1.10 bits per heavy atom. The van der Waals surface area contributed by atoms with Crippen LogP contribution in [0.4, 0.5) is 0 Å². The molecule has 3 aromatic rings. The highest BCUT2D eigenvalue weighted by Crippen LogP contribution is 2.15. The van der Waals surface area contributed by atoms with Crippen molar-refractivity contribution in [2.75, 3.05) is 6.54 Å².